The number of amides is 3. The van der Waals surface area contributed by atoms with Gasteiger partial charge in [0, 0.05) is 25.2 Å². The first-order chi connectivity index (χ1) is 10.5. The minimum absolute atomic E-state index is 0.0522. The Balaban J connectivity index is 1.84. The fourth-order valence-corrected chi connectivity index (χ4v) is 2.49. The summed E-state index contributed by atoms with van der Waals surface area (Å²) in [7, 11) is 0. The van der Waals surface area contributed by atoms with Crippen molar-refractivity contribution >= 4 is 17.6 Å². The average molecular weight is 303 g/mol. The molecule has 1 heterocycles. The Morgan fingerprint density at radius 2 is 2.00 bits per heavy atom. The van der Waals surface area contributed by atoms with E-state index in [2.05, 4.69) is 24.5 Å². The molecule has 1 aliphatic heterocycles. The summed E-state index contributed by atoms with van der Waals surface area (Å²) in [6.07, 6.45) is 1.30. The van der Waals surface area contributed by atoms with Crippen LogP contribution in [0.1, 0.15) is 32.3 Å². The first kappa shape index (κ1) is 16.3. The molecule has 1 aromatic carbocycles. The van der Waals surface area contributed by atoms with Crippen LogP contribution in [0.5, 0.6) is 0 Å². The number of carbonyl (C=O) groups is 2. The van der Waals surface area contributed by atoms with Crippen molar-refractivity contribution in [2.24, 2.45) is 5.92 Å². The zero-order valence-electron chi connectivity index (χ0n) is 13.6. The van der Waals surface area contributed by atoms with Crippen LogP contribution < -0.4 is 15.5 Å². The predicted octanol–water partition coefficient (Wildman–Crippen LogP) is 2.45. The molecule has 5 heteroatoms. The zero-order valence-corrected chi connectivity index (χ0v) is 13.6. The third kappa shape index (κ3) is 4.48. The molecule has 1 fully saturated rings. The van der Waals surface area contributed by atoms with Gasteiger partial charge >= 0.3 is 6.03 Å². The van der Waals surface area contributed by atoms with Crippen molar-refractivity contribution in [1.82, 2.24) is 10.6 Å². The second-order valence-corrected chi connectivity index (χ2v) is 6.32. The lowest BCUT2D eigenvalue weighted by Gasteiger charge is -2.17. The standard InChI is InChI=1S/C17H25N3O2/c1-12(2)8-9-18-17(22)19-14-10-16(21)20(11-14)15-6-4-13(3)5-7-15/h4-7,12,14H,8-11H2,1-3H3,(H2,18,19,22)/t14-/m0/s1. The molecule has 0 unspecified atom stereocenters. The van der Waals surface area contributed by atoms with Crippen molar-refractivity contribution in [3.8, 4) is 0 Å². The number of rotatable bonds is 5. The highest BCUT2D eigenvalue weighted by molar-refractivity contribution is 5.96. The molecule has 3 amide bonds. The van der Waals surface area contributed by atoms with E-state index in [9.17, 15) is 9.59 Å². The highest BCUT2D eigenvalue weighted by atomic mass is 16.2. The maximum atomic E-state index is 12.1. The Morgan fingerprint density at radius 3 is 2.64 bits per heavy atom. The van der Waals surface area contributed by atoms with Crippen LogP contribution in [0.2, 0.25) is 0 Å². The summed E-state index contributed by atoms with van der Waals surface area (Å²) in [6.45, 7) is 7.44. The van der Waals surface area contributed by atoms with Crippen molar-refractivity contribution < 1.29 is 9.59 Å². The van der Waals surface area contributed by atoms with Gasteiger partial charge in [-0.05, 0) is 31.4 Å². The molecule has 1 atom stereocenters. The number of carbonyl (C=O) groups excluding carboxylic acids is 2. The fourth-order valence-electron chi connectivity index (χ4n) is 2.49. The summed E-state index contributed by atoms with van der Waals surface area (Å²) in [5.41, 5.74) is 2.05. The molecule has 5 nitrogen and oxygen atoms in total. The van der Waals surface area contributed by atoms with Crippen molar-refractivity contribution in [2.45, 2.75) is 39.7 Å². The molecule has 120 valence electrons. The van der Waals surface area contributed by atoms with E-state index in [-0.39, 0.29) is 18.0 Å². The number of hydrogen-bond acceptors (Lipinski definition) is 2. The van der Waals surface area contributed by atoms with E-state index >= 15 is 0 Å². The molecule has 1 aromatic rings. The summed E-state index contributed by atoms with van der Waals surface area (Å²) >= 11 is 0. The number of aryl methyl sites for hydroxylation is 1. The topological polar surface area (TPSA) is 61.4 Å². The molecule has 0 aliphatic carbocycles. The number of benzene rings is 1. The van der Waals surface area contributed by atoms with E-state index in [1.165, 1.54) is 0 Å². The van der Waals surface area contributed by atoms with E-state index < -0.39 is 0 Å². The lowest BCUT2D eigenvalue weighted by atomic mass is 10.1. The zero-order chi connectivity index (χ0) is 16.1. The average Bonchev–Trinajstić information content (AvgIpc) is 2.80. The van der Waals surface area contributed by atoms with Gasteiger partial charge in [0.2, 0.25) is 5.91 Å². The van der Waals surface area contributed by atoms with E-state index in [1.807, 2.05) is 31.2 Å². The van der Waals surface area contributed by atoms with E-state index in [4.69, 9.17) is 0 Å². The van der Waals surface area contributed by atoms with E-state index in [1.54, 1.807) is 4.90 Å². The molecule has 0 radical (unpaired) electrons. The summed E-state index contributed by atoms with van der Waals surface area (Å²) in [5, 5.41) is 5.72. The molecule has 1 aliphatic rings. The molecule has 2 N–H and O–H groups in total. The van der Waals surface area contributed by atoms with Gasteiger partial charge in [-0.25, -0.2) is 4.79 Å². The predicted molar refractivity (Wildman–Crippen MR) is 87.9 cm³/mol. The van der Waals surface area contributed by atoms with Crippen molar-refractivity contribution in [3.63, 3.8) is 0 Å². The van der Waals surface area contributed by atoms with Crippen LogP contribution in [-0.2, 0) is 4.79 Å². The lowest BCUT2D eigenvalue weighted by Crippen LogP contribution is -2.43. The van der Waals surface area contributed by atoms with E-state index in [0.29, 0.717) is 25.4 Å². The molecular weight excluding hydrogens is 278 g/mol. The molecule has 0 spiro atoms. The SMILES string of the molecule is Cc1ccc(N2C[C@@H](NC(=O)NCCC(C)C)CC2=O)cc1. The van der Waals surface area contributed by atoms with Crippen molar-refractivity contribution in [2.75, 3.05) is 18.0 Å². The molecule has 0 aromatic heterocycles. The van der Waals surface area contributed by atoms with Crippen LogP contribution in [0.25, 0.3) is 0 Å². The number of nitrogens with zero attached hydrogens (tertiary/aromatic N) is 1. The van der Waals surface area contributed by atoms with Gasteiger partial charge in [0.05, 0.1) is 6.04 Å². The molecule has 22 heavy (non-hydrogen) atoms. The molecule has 0 saturated carbocycles. The molecule has 0 bridgehead atoms. The second kappa shape index (κ2) is 7.29. The van der Waals surface area contributed by atoms with Gasteiger partial charge < -0.3 is 15.5 Å². The summed E-state index contributed by atoms with van der Waals surface area (Å²) in [5.74, 6) is 0.613. The van der Waals surface area contributed by atoms with Gasteiger partial charge in [-0.15, -0.1) is 0 Å². The van der Waals surface area contributed by atoms with Crippen molar-refractivity contribution in [1.29, 1.82) is 0 Å². The number of hydrogen-bond donors (Lipinski definition) is 2. The third-order valence-electron chi connectivity index (χ3n) is 3.81. The number of nitrogens with one attached hydrogen (secondary N) is 2. The third-order valence-corrected chi connectivity index (χ3v) is 3.81. The maximum absolute atomic E-state index is 12.1. The molecule has 1 saturated heterocycles. The van der Waals surface area contributed by atoms with Gasteiger partial charge in [0.1, 0.15) is 0 Å². The Kier molecular flexibility index (Phi) is 5.41. The largest absolute Gasteiger partial charge is 0.338 e. The van der Waals surface area contributed by atoms with Crippen LogP contribution >= 0.6 is 0 Å². The second-order valence-electron chi connectivity index (χ2n) is 6.32. The molecular formula is C17H25N3O2. The minimum Gasteiger partial charge on any atom is -0.338 e. The van der Waals surface area contributed by atoms with Crippen LogP contribution in [-0.4, -0.2) is 31.1 Å². The summed E-state index contributed by atoms with van der Waals surface area (Å²) in [6, 6.07) is 7.54. The van der Waals surface area contributed by atoms with Crippen LogP contribution in [0.4, 0.5) is 10.5 Å². The van der Waals surface area contributed by atoms with Gasteiger partial charge in [0.15, 0.2) is 0 Å². The lowest BCUT2D eigenvalue weighted by molar-refractivity contribution is -0.117. The quantitative estimate of drug-likeness (QED) is 0.877. The van der Waals surface area contributed by atoms with Gasteiger partial charge in [0.25, 0.3) is 0 Å². The fraction of sp³-hybridized carbons (Fsp3) is 0.529. The van der Waals surface area contributed by atoms with Crippen LogP contribution in [0, 0.1) is 12.8 Å². The van der Waals surface area contributed by atoms with Gasteiger partial charge in [-0.1, -0.05) is 31.5 Å². The Hall–Kier alpha value is -2.04. The summed E-state index contributed by atoms with van der Waals surface area (Å²) < 4.78 is 0. The monoisotopic (exact) mass is 303 g/mol. The normalized spacial score (nSPS) is 17.9. The van der Waals surface area contributed by atoms with Crippen molar-refractivity contribution in [3.05, 3.63) is 29.8 Å². The first-order valence-electron chi connectivity index (χ1n) is 7.87. The smallest absolute Gasteiger partial charge is 0.315 e. The van der Waals surface area contributed by atoms with Gasteiger partial charge in [-0.3, -0.25) is 4.79 Å². The van der Waals surface area contributed by atoms with Gasteiger partial charge in [-0.2, -0.15) is 0 Å². The summed E-state index contributed by atoms with van der Waals surface area (Å²) in [4.78, 5) is 25.7. The minimum atomic E-state index is -0.191. The van der Waals surface area contributed by atoms with Crippen LogP contribution in [0.3, 0.4) is 0 Å². The maximum Gasteiger partial charge on any atom is 0.315 e. The Bertz CT molecular complexity index is 525. The van der Waals surface area contributed by atoms with E-state index in [0.717, 1.165) is 17.7 Å². The highest BCUT2D eigenvalue weighted by Gasteiger charge is 2.31. The Morgan fingerprint density at radius 1 is 1.32 bits per heavy atom. The van der Waals surface area contributed by atoms with Crippen LogP contribution in [0.15, 0.2) is 24.3 Å². The number of anilines is 1. The Labute approximate surface area is 132 Å². The molecule has 2 rings (SSSR count). The number of urea groups is 1. The highest BCUT2D eigenvalue weighted by Crippen LogP contribution is 2.21. The first-order valence-corrected chi connectivity index (χ1v) is 7.87.